The number of amides is 1. The van der Waals surface area contributed by atoms with Crippen molar-refractivity contribution in [2.45, 2.75) is 83.7 Å². The normalized spacial score (nSPS) is 25.8. The quantitative estimate of drug-likeness (QED) is 0.775. The van der Waals surface area contributed by atoms with Gasteiger partial charge >= 0.3 is 6.09 Å². The first-order valence-corrected chi connectivity index (χ1v) is 8.62. The van der Waals surface area contributed by atoms with Crippen molar-refractivity contribution in [1.29, 1.82) is 0 Å². The Morgan fingerprint density at radius 1 is 1.40 bits per heavy atom. The van der Waals surface area contributed by atoms with Crippen molar-refractivity contribution in [3.8, 4) is 0 Å². The van der Waals surface area contributed by atoms with Crippen LogP contribution in [-0.2, 0) is 30.2 Å². The first kappa shape index (κ1) is 18.1. The van der Waals surface area contributed by atoms with E-state index in [4.69, 9.17) is 4.74 Å². The van der Waals surface area contributed by atoms with Crippen LogP contribution >= 0.6 is 0 Å². The average molecular weight is 357 g/mol. The minimum atomic E-state index is -3.07. The van der Waals surface area contributed by atoms with Crippen LogP contribution in [0.5, 0.6) is 0 Å². The molecule has 8 heteroatoms. The van der Waals surface area contributed by atoms with E-state index in [2.05, 4.69) is 5.10 Å². The van der Waals surface area contributed by atoms with Gasteiger partial charge in [-0.05, 0) is 34.1 Å². The van der Waals surface area contributed by atoms with Gasteiger partial charge in [0.05, 0.1) is 24.9 Å². The third-order valence-corrected chi connectivity index (χ3v) is 4.63. The predicted molar refractivity (Wildman–Crippen MR) is 86.3 cm³/mol. The van der Waals surface area contributed by atoms with Gasteiger partial charge in [-0.15, -0.1) is 0 Å². The van der Waals surface area contributed by atoms with Crippen molar-refractivity contribution < 1.29 is 23.4 Å². The highest BCUT2D eigenvalue weighted by molar-refractivity contribution is 5.69. The van der Waals surface area contributed by atoms with E-state index in [0.717, 1.165) is 0 Å². The Morgan fingerprint density at radius 2 is 2.08 bits per heavy atom. The fourth-order valence-electron chi connectivity index (χ4n) is 3.46. The number of ether oxygens (including phenoxy) is 1. The van der Waals surface area contributed by atoms with E-state index in [1.165, 1.54) is 9.58 Å². The molecule has 0 aliphatic carbocycles. The SMILES string of the molecule is C[C@@H]1Cc2nn3c(c2CN1C(=O)OC(C)(C)C)C(F)(F)CCC(O)C3. The number of aromatic nitrogens is 2. The van der Waals surface area contributed by atoms with Crippen LogP contribution in [0.4, 0.5) is 13.6 Å². The molecular weight excluding hydrogens is 332 g/mol. The molecule has 1 amide bonds. The minimum Gasteiger partial charge on any atom is -0.444 e. The molecule has 1 aromatic rings. The molecule has 0 bridgehead atoms. The molecule has 1 aromatic heterocycles. The molecular formula is C17H25F2N3O3. The molecule has 0 saturated carbocycles. The van der Waals surface area contributed by atoms with Gasteiger partial charge in [-0.3, -0.25) is 4.68 Å². The molecule has 0 fully saturated rings. The summed E-state index contributed by atoms with van der Waals surface area (Å²) in [6.45, 7) is 7.26. The second kappa shape index (κ2) is 5.93. The monoisotopic (exact) mass is 357 g/mol. The molecule has 2 aliphatic rings. The summed E-state index contributed by atoms with van der Waals surface area (Å²) in [6.07, 6.45) is -1.36. The maximum absolute atomic E-state index is 14.6. The molecule has 3 rings (SSSR count). The smallest absolute Gasteiger partial charge is 0.410 e. The van der Waals surface area contributed by atoms with Crippen molar-refractivity contribution in [3.05, 3.63) is 17.0 Å². The lowest BCUT2D eigenvalue weighted by Gasteiger charge is -2.35. The molecule has 0 radical (unpaired) electrons. The Balaban J connectivity index is 1.96. The third kappa shape index (κ3) is 3.49. The number of alkyl halides is 2. The van der Waals surface area contributed by atoms with Crippen LogP contribution in [0.2, 0.25) is 0 Å². The highest BCUT2D eigenvalue weighted by Gasteiger charge is 2.45. The Kier molecular flexibility index (Phi) is 4.29. The largest absolute Gasteiger partial charge is 0.444 e. The zero-order chi connectivity index (χ0) is 18.6. The lowest BCUT2D eigenvalue weighted by Crippen LogP contribution is -2.45. The maximum Gasteiger partial charge on any atom is 0.410 e. The molecule has 1 N–H and O–H groups in total. The highest BCUT2D eigenvalue weighted by atomic mass is 19.3. The number of carbonyl (C=O) groups is 1. The summed E-state index contributed by atoms with van der Waals surface area (Å²) < 4.78 is 35.9. The molecule has 2 atom stereocenters. The summed E-state index contributed by atoms with van der Waals surface area (Å²) in [4.78, 5) is 13.9. The number of rotatable bonds is 0. The van der Waals surface area contributed by atoms with Crippen molar-refractivity contribution in [1.82, 2.24) is 14.7 Å². The summed E-state index contributed by atoms with van der Waals surface area (Å²) in [6, 6.07) is -0.194. The fourth-order valence-corrected chi connectivity index (χ4v) is 3.46. The molecule has 25 heavy (non-hydrogen) atoms. The van der Waals surface area contributed by atoms with Gasteiger partial charge in [0, 0.05) is 24.4 Å². The lowest BCUT2D eigenvalue weighted by atomic mass is 9.96. The van der Waals surface area contributed by atoms with Gasteiger partial charge in [0.25, 0.3) is 5.92 Å². The molecule has 2 aliphatic heterocycles. The zero-order valence-corrected chi connectivity index (χ0v) is 15.1. The second-order valence-electron chi connectivity index (χ2n) is 8.01. The first-order valence-electron chi connectivity index (χ1n) is 8.62. The number of aliphatic hydroxyl groups is 1. The van der Waals surface area contributed by atoms with E-state index in [0.29, 0.717) is 17.7 Å². The topological polar surface area (TPSA) is 67.6 Å². The summed E-state index contributed by atoms with van der Waals surface area (Å²) >= 11 is 0. The van der Waals surface area contributed by atoms with Gasteiger partial charge in [0.2, 0.25) is 0 Å². The predicted octanol–water partition coefficient (Wildman–Crippen LogP) is 2.81. The van der Waals surface area contributed by atoms with Crippen LogP contribution in [0.3, 0.4) is 0 Å². The standard InChI is InChI=1S/C17H25F2N3O3/c1-10-7-13-12(9-21(10)15(24)25-16(2,3)4)14-17(18,19)6-5-11(23)8-22(14)20-13/h10-11,23H,5-9H2,1-4H3/t10-,11?/m1/s1. The van der Waals surface area contributed by atoms with Gasteiger partial charge < -0.3 is 14.7 Å². The van der Waals surface area contributed by atoms with E-state index in [1.54, 1.807) is 20.8 Å². The van der Waals surface area contributed by atoms with Crippen molar-refractivity contribution >= 4 is 6.09 Å². The summed E-state index contributed by atoms with van der Waals surface area (Å²) in [5.74, 6) is -3.07. The minimum absolute atomic E-state index is 0.0251. The number of hydrogen-bond donors (Lipinski definition) is 1. The van der Waals surface area contributed by atoms with E-state index >= 15 is 0 Å². The number of hydrogen-bond acceptors (Lipinski definition) is 4. The first-order chi connectivity index (χ1) is 11.5. The number of aliphatic hydroxyl groups excluding tert-OH is 1. The Morgan fingerprint density at radius 3 is 2.72 bits per heavy atom. The molecule has 6 nitrogen and oxygen atoms in total. The summed E-state index contributed by atoms with van der Waals surface area (Å²) in [7, 11) is 0. The van der Waals surface area contributed by atoms with Gasteiger partial charge in [0.15, 0.2) is 0 Å². The van der Waals surface area contributed by atoms with Gasteiger partial charge in [0.1, 0.15) is 11.3 Å². The lowest BCUT2D eigenvalue weighted by molar-refractivity contribution is -0.0260. The summed E-state index contributed by atoms with van der Waals surface area (Å²) in [5.41, 5.74) is 0.153. The second-order valence-corrected chi connectivity index (χ2v) is 8.01. The number of halogens is 2. The molecule has 0 aromatic carbocycles. The zero-order valence-electron chi connectivity index (χ0n) is 15.1. The Hall–Kier alpha value is -1.70. The number of fused-ring (bicyclic) bond motifs is 3. The van der Waals surface area contributed by atoms with Gasteiger partial charge in [-0.25, -0.2) is 4.79 Å². The van der Waals surface area contributed by atoms with Crippen LogP contribution in [0.15, 0.2) is 0 Å². The van der Waals surface area contributed by atoms with Crippen LogP contribution in [0.25, 0.3) is 0 Å². The van der Waals surface area contributed by atoms with E-state index < -0.39 is 30.1 Å². The van der Waals surface area contributed by atoms with E-state index in [1.807, 2.05) is 6.92 Å². The Labute approximate surface area is 145 Å². The number of nitrogens with zero attached hydrogens (tertiary/aromatic N) is 3. The van der Waals surface area contributed by atoms with Crippen LogP contribution in [-0.4, -0.2) is 43.6 Å². The van der Waals surface area contributed by atoms with Crippen LogP contribution < -0.4 is 0 Å². The summed E-state index contributed by atoms with van der Waals surface area (Å²) in [5, 5.41) is 14.2. The van der Waals surface area contributed by atoms with E-state index in [-0.39, 0.29) is 31.2 Å². The molecule has 0 spiro atoms. The molecule has 3 heterocycles. The number of carbonyl (C=O) groups excluding carboxylic acids is 1. The highest BCUT2D eigenvalue weighted by Crippen LogP contribution is 2.41. The fraction of sp³-hybridized carbons (Fsp3) is 0.765. The van der Waals surface area contributed by atoms with Gasteiger partial charge in [-0.1, -0.05) is 0 Å². The van der Waals surface area contributed by atoms with E-state index in [9.17, 15) is 18.7 Å². The van der Waals surface area contributed by atoms with Crippen molar-refractivity contribution in [2.75, 3.05) is 0 Å². The molecule has 140 valence electrons. The molecule has 1 unspecified atom stereocenters. The Bertz CT molecular complexity index is 681. The van der Waals surface area contributed by atoms with Crippen molar-refractivity contribution in [2.24, 2.45) is 0 Å². The maximum atomic E-state index is 14.6. The van der Waals surface area contributed by atoms with Gasteiger partial charge in [-0.2, -0.15) is 13.9 Å². The van der Waals surface area contributed by atoms with Crippen LogP contribution in [0.1, 0.15) is 57.5 Å². The average Bonchev–Trinajstić information content (AvgIpc) is 2.74. The van der Waals surface area contributed by atoms with Crippen molar-refractivity contribution in [3.63, 3.8) is 0 Å². The third-order valence-electron chi connectivity index (χ3n) is 4.63. The van der Waals surface area contributed by atoms with Crippen LogP contribution in [0, 0.1) is 0 Å². The molecule has 0 saturated heterocycles.